The molecule has 2 aliphatic rings. The van der Waals surface area contributed by atoms with Gasteiger partial charge in [0, 0.05) is 24.7 Å². The predicted octanol–water partition coefficient (Wildman–Crippen LogP) is 7.63. The average molecular weight is 509 g/mol. The Morgan fingerprint density at radius 3 is 1.67 bits per heavy atom. The van der Waals surface area contributed by atoms with Gasteiger partial charge in [0.1, 0.15) is 11.2 Å². The van der Waals surface area contributed by atoms with Gasteiger partial charge in [-0.25, -0.2) is 0 Å². The van der Waals surface area contributed by atoms with Crippen LogP contribution in [0.1, 0.15) is 42.7 Å². The molecule has 0 radical (unpaired) electrons. The first-order valence-electron chi connectivity index (χ1n) is 13.5. The summed E-state index contributed by atoms with van der Waals surface area (Å²) in [6.45, 7) is 1.97. The smallest absolute Gasteiger partial charge is 0.260 e. The van der Waals surface area contributed by atoms with E-state index in [1.165, 1.54) is 0 Å². The molecule has 4 heteroatoms. The Labute approximate surface area is 227 Å². The number of rotatable bonds is 3. The van der Waals surface area contributed by atoms with Crippen LogP contribution in [-0.4, -0.2) is 17.4 Å². The van der Waals surface area contributed by atoms with Crippen LogP contribution in [0.5, 0.6) is 0 Å². The number of carbonyl (C=O) groups is 2. The number of fused-ring (bicyclic) bond motifs is 2. The maximum absolute atomic E-state index is 14.8. The van der Waals surface area contributed by atoms with Crippen molar-refractivity contribution in [2.75, 3.05) is 5.01 Å². The van der Waals surface area contributed by atoms with Gasteiger partial charge in [0.25, 0.3) is 5.91 Å². The Kier molecular flexibility index (Phi) is 5.44. The number of carbonyl (C=O) groups excluding carboxylic acids is 2. The van der Waals surface area contributed by atoms with Gasteiger partial charge in [-0.05, 0) is 51.7 Å². The Bertz CT molecular complexity index is 1700. The molecule has 2 atom stereocenters. The van der Waals surface area contributed by atoms with Crippen molar-refractivity contribution in [1.29, 1.82) is 0 Å². The molecule has 39 heavy (non-hydrogen) atoms. The summed E-state index contributed by atoms with van der Waals surface area (Å²) in [7, 11) is 0. The van der Waals surface area contributed by atoms with Crippen molar-refractivity contribution >= 4 is 44.6 Å². The second-order valence-corrected chi connectivity index (χ2v) is 10.8. The molecule has 0 unspecified atom stereocenters. The van der Waals surface area contributed by atoms with Crippen molar-refractivity contribution in [3.63, 3.8) is 0 Å². The summed E-state index contributed by atoms with van der Waals surface area (Å²) in [4.78, 5) is 28.3. The topological polar surface area (TPSA) is 49.7 Å². The molecule has 5 aromatic rings. The van der Waals surface area contributed by atoms with Gasteiger partial charge in [-0.3, -0.25) is 9.59 Å². The highest BCUT2D eigenvalue weighted by molar-refractivity contribution is 6.21. The van der Waals surface area contributed by atoms with Crippen LogP contribution in [0.4, 0.5) is 5.69 Å². The van der Waals surface area contributed by atoms with Gasteiger partial charge in [-0.1, -0.05) is 103 Å². The third-order valence-electron chi connectivity index (χ3n) is 8.71. The normalized spacial score (nSPS) is 20.6. The quantitative estimate of drug-likeness (QED) is 0.252. The van der Waals surface area contributed by atoms with Gasteiger partial charge < -0.3 is 0 Å². The van der Waals surface area contributed by atoms with Crippen molar-refractivity contribution in [3.05, 3.63) is 126 Å². The van der Waals surface area contributed by atoms with Crippen molar-refractivity contribution < 1.29 is 9.59 Å². The molecule has 1 spiro atoms. The maximum Gasteiger partial charge on any atom is 0.260 e. The predicted molar refractivity (Wildman–Crippen MR) is 157 cm³/mol. The number of nitrogens with zero attached hydrogens (tertiary/aromatic N) is 2. The van der Waals surface area contributed by atoms with Crippen LogP contribution in [0.15, 0.2) is 120 Å². The largest absolute Gasteiger partial charge is 0.300 e. The summed E-state index contributed by atoms with van der Waals surface area (Å²) >= 11 is 0. The van der Waals surface area contributed by atoms with Gasteiger partial charge >= 0.3 is 0 Å². The molecule has 1 fully saturated rings. The summed E-state index contributed by atoms with van der Waals surface area (Å²) in [5.41, 5.74) is 2.54. The molecule has 1 amide bonds. The van der Waals surface area contributed by atoms with E-state index < -0.39 is 5.41 Å². The van der Waals surface area contributed by atoms with E-state index in [4.69, 9.17) is 5.10 Å². The second kappa shape index (κ2) is 9.02. The molecule has 1 saturated carbocycles. The lowest BCUT2D eigenvalue weighted by atomic mass is 9.54. The Hall–Kier alpha value is -4.57. The number of hydrogen-bond donors (Lipinski definition) is 0. The van der Waals surface area contributed by atoms with E-state index in [0.717, 1.165) is 44.1 Å². The van der Waals surface area contributed by atoms with E-state index >= 15 is 0 Å². The van der Waals surface area contributed by atoms with Crippen LogP contribution >= 0.6 is 0 Å². The lowest BCUT2D eigenvalue weighted by Crippen LogP contribution is -2.52. The third-order valence-corrected chi connectivity index (χ3v) is 8.71. The van der Waals surface area contributed by atoms with Crippen LogP contribution in [0.25, 0.3) is 21.5 Å². The highest BCUT2D eigenvalue weighted by Gasteiger charge is 2.62. The minimum atomic E-state index is -0.978. The zero-order valence-electron chi connectivity index (χ0n) is 21.7. The highest BCUT2D eigenvalue weighted by atomic mass is 16.2. The summed E-state index contributed by atoms with van der Waals surface area (Å²) in [6, 6.07) is 38.8. The Morgan fingerprint density at radius 1 is 0.641 bits per heavy atom. The molecular formula is C35H28N2O2. The third kappa shape index (κ3) is 3.63. The standard InChI is InChI=1S/C35H28N2O2/c1-23-35(34(39)37(36-23)30-13-3-2-4-14-30)32(28-17-15-24-9-5-7-11-26(24)19-28)21-31(38)22-33(35)29-18-16-25-10-6-8-12-27(25)20-29/h2-20,32-33H,21-22H2,1H3/t32-,33-/m0/s1. The number of benzene rings is 5. The van der Waals surface area contributed by atoms with Gasteiger partial charge in [-0.15, -0.1) is 0 Å². The van der Waals surface area contributed by atoms with E-state index in [1.54, 1.807) is 5.01 Å². The number of ketones is 1. The van der Waals surface area contributed by atoms with E-state index in [1.807, 2.05) is 61.5 Å². The fraction of sp³-hybridized carbons (Fsp3) is 0.171. The number of amides is 1. The zero-order valence-corrected chi connectivity index (χ0v) is 21.7. The molecule has 1 heterocycles. The lowest BCUT2D eigenvalue weighted by Gasteiger charge is -2.46. The summed E-state index contributed by atoms with van der Waals surface area (Å²) < 4.78 is 0. The van der Waals surface area contributed by atoms with Crippen molar-refractivity contribution in [3.8, 4) is 0 Å². The maximum atomic E-state index is 14.8. The van der Waals surface area contributed by atoms with Gasteiger partial charge in [0.2, 0.25) is 0 Å². The van der Waals surface area contributed by atoms with Crippen molar-refractivity contribution in [2.45, 2.75) is 31.6 Å². The van der Waals surface area contributed by atoms with E-state index in [-0.39, 0.29) is 23.5 Å². The Balaban J connectivity index is 1.46. The minimum Gasteiger partial charge on any atom is -0.300 e. The minimum absolute atomic E-state index is 0.0602. The molecule has 4 nitrogen and oxygen atoms in total. The number of hydrogen-bond acceptors (Lipinski definition) is 3. The van der Waals surface area contributed by atoms with Crippen LogP contribution in [0.3, 0.4) is 0 Å². The fourth-order valence-corrected chi connectivity index (χ4v) is 6.87. The molecule has 190 valence electrons. The number of para-hydroxylation sites is 1. The summed E-state index contributed by atoms with van der Waals surface area (Å²) in [6.07, 6.45) is 0.618. The SMILES string of the molecule is CC1=NN(c2ccccc2)C(=O)C12[C@H](c1ccc3ccccc3c1)CC(=O)C[C@H]2c1ccc2ccccc2c1. The molecule has 0 aromatic heterocycles. The monoisotopic (exact) mass is 508 g/mol. The number of hydrazone groups is 1. The molecule has 5 aromatic carbocycles. The molecule has 1 aliphatic carbocycles. The van der Waals surface area contributed by atoms with Crippen LogP contribution < -0.4 is 5.01 Å². The summed E-state index contributed by atoms with van der Waals surface area (Å²) in [5.74, 6) is -0.541. The van der Waals surface area contributed by atoms with E-state index in [0.29, 0.717) is 12.8 Å². The van der Waals surface area contributed by atoms with Gasteiger partial charge in [0.05, 0.1) is 11.4 Å². The zero-order chi connectivity index (χ0) is 26.6. The lowest BCUT2D eigenvalue weighted by molar-refractivity contribution is -0.131. The molecule has 0 bridgehead atoms. The molecule has 0 N–H and O–H groups in total. The first-order chi connectivity index (χ1) is 19.1. The van der Waals surface area contributed by atoms with Crippen LogP contribution in [-0.2, 0) is 9.59 Å². The molecular weight excluding hydrogens is 480 g/mol. The second-order valence-electron chi connectivity index (χ2n) is 10.8. The van der Waals surface area contributed by atoms with Crippen LogP contribution in [0.2, 0.25) is 0 Å². The Morgan fingerprint density at radius 2 is 1.13 bits per heavy atom. The van der Waals surface area contributed by atoms with E-state index in [2.05, 4.69) is 60.7 Å². The van der Waals surface area contributed by atoms with E-state index in [9.17, 15) is 9.59 Å². The first-order valence-corrected chi connectivity index (χ1v) is 13.5. The van der Waals surface area contributed by atoms with Crippen LogP contribution in [0, 0.1) is 5.41 Å². The van der Waals surface area contributed by atoms with Gasteiger partial charge in [0.15, 0.2) is 0 Å². The number of anilines is 1. The molecule has 0 saturated heterocycles. The molecule has 1 aliphatic heterocycles. The average Bonchev–Trinajstić information content (AvgIpc) is 3.24. The first kappa shape index (κ1) is 23.5. The molecule has 7 rings (SSSR count). The fourth-order valence-electron chi connectivity index (χ4n) is 6.87. The highest BCUT2D eigenvalue weighted by Crippen LogP contribution is 2.58. The summed E-state index contributed by atoms with van der Waals surface area (Å²) in [5, 5.41) is 10.9. The number of Topliss-reactive ketones (excluding diaryl/α,β-unsaturated/α-hetero) is 1. The van der Waals surface area contributed by atoms with Crippen molar-refractivity contribution in [1.82, 2.24) is 0 Å². The van der Waals surface area contributed by atoms with Crippen molar-refractivity contribution in [2.24, 2.45) is 10.5 Å². The van der Waals surface area contributed by atoms with Gasteiger partial charge in [-0.2, -0.15) is 10.1 Å².